The molecule has 0 amide bonds. The van der Waals surface area contributed by atoms with Crippen LogP contribution < -0.4 is 0 Å². The topological polar surface area (TPSA) is 99.3 Å². The molecule has 1 aliphatic heterocycles. The number of aromatic amines is 2. The van der Waals surface area contributed by atoms with Gasteiger partial charge in [0.05, 0.1) is 35.7 Å². The molecule has 0 saturated carbocycles. The van der Waals surface area contributed by atoms with Gasteiger partial charge in [-0.15, -0.1) is 0 Å². The number of benzene rings is 1. The fraction of sp³-hybridized carbons (Fsp3) is 0.179. The molecular formula is C28H21F3N8. The average Bonchev–Trinajstić information content (AvgIpc) is 3.64. The normalized spacial score (nSPS) is 15.5. The second-order valence-corrected chi connectivity index (χ2v) is 9.73. The van der Waals surface area contributed by atoms with Crippen molar-refractivity contribution in [3.8, 4) is 33.9 Å². The molecule has 39 heavy (non-hydrogen) atoms. The van der Waals surface area contributed by atoms with E-state index < -0.39 is 5.92 Å². The highest BCUT2D eigenvalue weighted by Crippen LogP contribution is 2.33. The second-order valence-electron chi connectivity index (χ2n) is 9.73. The Morgan fingerprint density at radius 1 is 0.949 bits per heavy atom. The Balaban J connectivity index is 1.25. The van der Waals surface area contributed by atoms with Crippen LogP contribution in [0.5, 0.6) is 0 Å². The van der Waals surface area contributed by atoms with E-state index in [-0.39, 0.29) is 18.8 Å². The van der Waals surface area contributed by atoms with Crippen molar-refractivity contribution in [1.82, 2.24) is 40.0 Å². The Morgan fingerprint density at radius 3 is 2.67 bits per heavy atom. The molecule has 11 heteroatoms. The molecule has 8 nitrogen and oxygen atoms in total. The summed E-state index contributed by atoms with van der Waals surface area (Å²) in [7, 11) is 0. The first kappa shape index (κ1) is 23.5. The first-order valence-electron chi connectivity index (χ1n) is 12.4. The van der Waals surface area contributed by atoms with Crippen molar-refractivity contribution in [2.45, 2.75) is 18.9 Å². The number of nitrogens with zero attached hydrogens (tertiary/aromatic N) is 6. The number of hydrogen-bond donors (Lipinski definition) is 2. The van der Waals surface area contributed by atoms with E-state index >= 15 is 0 Å². The van der Waals surface area contributed by atoms with Crippen LogP contribution in [0, 0.1) is 5.82 Å². The minimum Gasteiger partial charge on any atom is -0.335 e. The predicted molar refractivity (Wildman–Crippen MR) is 140 cm³/mol. The third-order valence-corrected chi connectivity index (χ3v) is 6.98. The molecule has 1 aromatic carbocycles. The van der Waals surface area contributed by atoms with Gasteiger partial charge in [0.15, 0.2) is 5.82 Å². The summed E-state index contributed by atoms with van der Waals surface area (Å²) in [5, 5.41) is 8.24. The van der Waals surface area contributed by atoms with Crippen molar-refractivity contribution in [3.05, 3.63) is 78.8 Å². The summed E-state index contributed by atoms with van der Waals surface area (Å²) in [5.74, 6) is -2.50. The molecule has 1 aliphatic rings. The van der Waals surface area contributed by atoms with Crippen LogP contribution in [0.25, 0.3) is 55.8 Å². The minimum absolute atomic E-state index is 0.124. The zero-order valence-electron chi connectivity index (χ0n) is 20.5. The molecule has 5 aromatic heterocycles. The Bertz CT molecular complexity index is 1840. The highest BCUT2D eigenvalue weighted by Gasteiger charge is 2.37. The quantitative estimate of drug-likeness (QED) is 0.303. The molecule has 0 unspecified atom stereocenters. The number of alkyl halides is 2. The standard InChI is InChI=1S/C28H21F3N8/c29-21-4-2-1-3-18(21)20-11-33-12-24-25(20)36-27(35-24)26-19-8-22(34-13-23(19)37-38-26)17-7-16(9-32-10-17)14-39-6-5-28(30,31)15-39/h1-4,7-13H,5-6,14-15H2,(H,35,36)(H,37,38). The van der Waals surface area contributed by atoms with E-state index in [2.05, 4.69) is 30.1 Å². The molecule has 7 rings (SSSR count). The molecular weight excluding hydrogens is 505 g/mol. The van der Waals surface area contributed by atoms with Gasteiger partial charge in [0.25, 0.3) is 5.92 Å². The van der Waals surface area contributed by atoms with Gasteiger partial charge in [-0.3, -0.25) is 25.0 Å². The van der Waals surface area contributed by atoms with Gasteiger partial charge in [-0.25, -0.2) is 18.2 Å². The maximum Gasteiger partial charge on any atom is 0.261 e. The number of hydrogen-bond acceptors (Lipinski definition) is 6. The van der Waals surface area contributed by atoms with Crippen molar-refractivity contribution >= 4 is 21.9 Å². The number of imidazole rings is 1. The summed E-state index contributed by atoms with van der Waals surface area (Å²) >= 11 is 0. The molecule has 1 saturated heterocycles. The van der Waals surface area contributed by atoms with E-state index in [1.807, 2.05) is 12.1 Å². The fourth-order valence-electron chi connectivity index (χ4n) is 5.09. The smallest absolute Gasteiger partial charge is 0.261 e. The van der Waals surface area contributed by atoms with Crippen LogP contribution in [0.1, 0.15) is 12.0 Å². The van der Waals surface area contributed by atoms with Gasteiger partial charge in [0, 0.05) is 60.2 Å². The van der Waals surface area contributed by atoms with E-state index in [0.717, 1.165) is 16.5 Å². The zero-order chi connectivity index (χ0) is 26.6. The highest BCUT2D eigenvalue weighted by molar-refractivity contribution is 5.97. The van der Waals surface area contributed by atoms with Gasteiger partial charge in [0.2, 0.25) is 0 Å². The summed E-state index contributed by atoms with van der Waals surface area (Å²) in [6, 6.07) is 10.3. The molecule has 6 heterocycles. The molecule has 6 aromatic rings. The molecule has 2 N–H and O–H groups in total. The van der Waals surface area contributed by atoms with E-state index in [1.54, 1.807) is 54.1 Å². The third-order valence-electron chi connectivity index (χ3n) is 6.98. The van der Waals surface area contributed by atoms with Crippen molar-refractivity contribution in [2.24, 2.45) is 0 Å². The van der Waals surface area contributed by atoms with Gasteiger partial charge in [-0.1, -0.05) is 18.2 Å². The monoisotopic (exact) mass is 526 g/mol. The van der Waals surface area contributed by atoms with Gasteiger partial charge in [-0.05, 0) is 23.8 Å². The Morgan fingerprint density at radius 2 is 1.82 bits per heavy atom. The Labute approximate surface area is 220 Å². The van der Waals surface area contributed by atoms with Crippen LogP contribution in [0.4, 0.5) is 13.2 Å². The largest absolute Gasteiger partial charge is 0.335 e. The molecule has 1 fully saturated rings. The third kappa shape index (κ3) is 4.30. The summed E-state index contributed by atoms with van der Waals surface area (Å²) in [6.07, 6.45) is 8.19. The lowest BCUT2D eigenvalue weighted by molar-refractivity contribution is 0.0115. The second kappa shape index (κ2) is 8.98. The van der Waals surface area contributed by atoms with Crippen LogP contribution in [0.3, 0.4) is 0 Å². The molecule has 0 aliphatic carbocycles. The maximum absolute atomic E-state index is 14.5. The van der Waals surface area contributed by atoms with Crippen LogP contribution in [-0.4, -0.2) is 59.0 Å². The fourth-order valence-corrected chi connectivity index (χ4v) is 5.09. The summed E-state index contributed by atoms with van der Waals surface area (Å²) in [4.78, 5) is 22.9. The number of likely N-dealkylation sites (tertiary alicyclic amines) is 1. The van der Waals surface area contributed by atoms with E-state index in [9.17, 15) is 13.2 Å². The van der Waals surface area contributed by atoms with E-state index in [1.165, 1.54) is 6.07 Å². The summed E-state index contributed by atoms with van der Waals surface area (Å²) in [5.41, 5.74) is 5.79. The number of H-pyrrole nitrogens is 2. The molecule has 0 radical (unpaired) electrons. The molecule has 0 spiro atoms. The first-order chi connectivity index (χ1) is 18.9. The number of nitrogens with one attached hydrogen (secondary N) is 2. The van der Waals surface area contributed by atoms with Gasteiger partial charge in [0.1, 0.15) is 17.0 Å². The summed E-state index contributed by atoms with van der Waals surface area (Å²) in [6.45, 7) is 0.504. The lowest BCUT2D eigenvalue weighted by atomic mass is 10.1. The number of pyridine rings is 3. The highest BCUT2D eigenvalue weighted by atomic mass is 19.3. The van der Waals surface area contributed by atoms with Crippen molar-refractivity contribution in [2.75, 3.05) is 13.1 Å². The maximum atomic E-state index is 14.5. The number of fused-ring (bicyclic) bond motifs is 2. The number of halogens is 3. The zero-order valence-corrected chi connectivity index (χ0v) is 20.5. The summed E-state index contributed by atoms with van der Waals surface area (Å²) < 4.78 is 41.8. The average molecular weight is 527 g/mol. The predicted octanol–water partition coefficient (Wildman–Crippen LogP) is 5.61. The molecule has 194 valence electrons. The van der Waals surface area contributed by atoms with E-state index in [4.69, 9.17) is 4.98 Å². The van der Waals surface area contributed by atoms with E-state index in [0.29, 0.717) is 58.0 Å². The van der Waals surface area contributed by atoms with Crippen LogP contribution in [0.2, 0.25) is 0 Å². The SMILES string of the molecule is Fc1ccccc1-c1cncc2[nH]c(-c3n[nH]c4cnc(-c5cncc(CN6CCC(F)(F)C6)c5)cc34)nc12. The Kier molecular flexibility index (Phi) is 5.41. The van der Waals surface area contributed by atoms with Gasteiger partial charge >= 0.3 is 0 Å². The van der Waals surface area contributed by atoms with Gasteiger partial charge in [-0.2, -0.15) is 5.10 Å². The Hall–Kier alpha value is -4.64. The lowest BCUT2D eigenvalue weighted by Crippen LogP contribution is -2.24. The van der Waals surface area contributed by atoms with Gasteiger partial charge < -0.3 is 4.98 Å². The van der Waals surface area contributed by atoms with Crippen LogP contribution >= 0.6 is 0 Å². The van der Waals surface area contributed by atoms with Crippen molar-refractivity contribution < 1.29 is 13.2 Å². The number of aromatic nitrogens is 7. The lowest BCUT2D eigenvalue weighted by Gasteiger charge is -2.15. The van der Waals surface area contributed by atoms with Crippen LogP contribution in [0.15, 0.2) is 67.4 Å². The van der Waals surface area contributed by atoms with Crippen molar-refractivity contribution in [3.63, 3.8) is 0 Å². The molecule has 0 bridgehead atoms. The number of rotatable bonds is 5. The first-order valence-corrected chi connectivity index (χ1v) is 12.4. The van der Waals surface area contributed by atoms with Crippen molar-refractivity contribution in [1.29, 1.82) is 0 Å². The molecule has 0 atom stereocenters. The van der Waals surface area contributed by atoms with Crippen LogP contribution in [-0.2, 0) is 6.54 Å². The minimum atomic E-state index is -2.64.